The first-order valence-corrected chi connectivity index (χ1v) is 5.61. The van der Waals surface area contributed by atoms with Gasteiger partial charge in [0.1, 0.15) is 0 Å². The fraction of sp³-hybridized carbons (Fsp3) is 0.909. The van der Waals surface area contributed by atoms with Gasteiger partial charge in [0.15, 0.2) is 0 Å². The lowest BCUT2D eigenvalue weighted by molar-refractivity contribution is -0.147. The second-order valence-electron chi connectivity index (χ2n) is 4.22. The molecular weight excluding hydrogens is 178 g/mol. The number of esters is 1. The van der Waals surface area contributed by atoms with Gasteiger partial charge < -0.3 is 10.1 Å². The molecule has 0 aromatic rings. The maximum atomic E-state index is 11.2. The summed E-state index contributed by atoms with van der Waals surface area (Å²) in [5.41, 5.74) is 0. The summed E-state index contributed by atoms with van der Waals surface area (Å²) in [7, 11) is 0. The van der Waals surface area contributed by atoms with Crippen molar-refractivity contribution in [2.24, 2.45) is 0 Å². The molecule has 0 aromatic heterocycles. The second-order valence-corrected chi connectivity index (χ2v) is 4.22. The van der Waals surface area contributed by atoms with Crippen molar-refractivity contribution in [3.05, 3.63) is 0 Å². The number of hydrogen-bond donors (Lipinski definition) is 1. The predicted molar refractivity (Wildman–Crippen MR) is 56.1 cm³/mol. The van der Waals surface area contributed by atoms with Crippen LogP contribution in [0, 0.1) is 0 Å². The molecule has 1 unspecified atom stereocenters. The molecule has 0 aromatic carbocycles. The Hall–Kier alpha value is -0.570. The zero-order valence-corrected chi connectivity index (χ0v) is 9.21. The molecule has 0 bridgehead atoms. The lowest BCUT2D eigenvalue weighted by Crippen LogP contribution is -2.34. The molecule has 1 aliphatic heterocycles. The Morgan fingerprint density at radius 2 is 2.29 bits per heavy atom. The summed E-state index contributed by atoms with van der Waals surface area (Å²) < 4.78 is 5.07. The van der Waals surface area contributed by atoms with E-state index < -0.39 is 0 Å². The zero-order chi connectivity index (χ0) is 10.4. The fourth-order valence-corrected chi connectivity index (χ4v) is 1.78. The Morgan fingerprint density at radius 3 is 2.86 bits per heavy atom. The van der Waals surface area contributed by atoms with Crippen LogP contribution in [0.2, 0.25) is 0 Å². The van der Waals surface area contributed by atoms with E-state index in [4.69, 9.17) is 4.74 Å². The van der Waals surface area contributed by atoms with Crippen molar-refractivity contribution < 1.29 is 9.53 Å². The van der Waals surface area contributed by atoms with E-state index in [9.17, 15) is 4.79 Å². The van der Waals surface area contributed by atoms with Crippen molar-refractivity contribution in [1.29, 1.82) is 0 Å². The van der Waals surface area contributed by atoms with Gasteiger partial charge in [-0.15, -0.1) is 0 Å². The van der Waals surface area contributed by atoms with Gasteiger partial charge in [0, 0.05) is 12.5 Å². The van der Waals surface area contributed by atoms with Crippen LogP contribution in [0.5, 0.6) is 0 Å². The molecule has 0 amide bonds. The summed E-state index contributed by atoms with van der Waals surface area (Å²) in [6, 6.07) is 0.531. The quantitative estimate of drug-likeness (QED) is 0.702. The summed E-state index contributed by atoms with van der Waals surface area (Å²) in [5.74, 6) is -0.0626. The highest BCUT2D eigenvalue weighted by atomic mass is 16.5. The van der Waals surface area contributed by atoms with Crippen molar-refractivity contribution >= 4 is 5.97 Å². The minimum atomic E-state index is -0.0626. The molecule has 1 fully saturated rings. The van der Waals surface area contributed by atoms with Gasteiger partial charge in [-0.05, 0) is 39.7 Å². The monoisotopic (exact) mass is 199 g/mol. The molecule has 0 saturated carbocycles. The van der Waals surface area contributed by atoms with Crippen LogP contribution in [-0.4, -0.2) is 24.7 Å². The normalized spacial score (nSPS) is 22.4. The van der Waals surface area contributed by atoms with Crippen LogP contribution in [0.3, 0.4) is 0 Å². The van der Waals surface area contributed by atoms with Crippen LogP contribution >= 0.6 is 0 Å². The Balaban J connectivity index is 2.09. The lowest BCUT2D eigenvalue weighted by atomic mass is 10.0. The molecule has 0 spiro atoms. The maximum absolute atomic E-state index is 11.2. The summed E-state index contributed by atoms with van der Waals surface area (Å²) >= 11 is 0. The average Bonchev–Trinajstić information content (AvgIpc) is 2.15. The van der Waals surface area contributed by atoms with Crippen molar-refractivity contribution in [3.8, 4) is 0 Å². The van der Waals surface area contributed by atoms with E-state index in [0.717, 1.165) is 13.0 Å². The highest BCUT2D eigenvalue weighted by Crippen LogP contribution is 2.12. The van der Waals surface area contributed by atoms with Gasteiger partial charge in [-0.25, -0.2) is 0 Å². The first-order chi connectivity index (χ1) is 6.68. The van der Waals surface area contributed by atoms with Gasteiger partial charge in [-0.2, -0.15) is 0 Å². The van der Waals surface area contributed by atoms with E-state index in [-0.39, 0.29) is 12.1 Å². The van der Waals surface area contributed by atoms with Gasteiger partial charge in [0.2, 0.25) is 0 Å². The lowest BCUT2D eigenvalue weighted by Gasteiger charge is -2.23. The number of carbonyl (C=O) groups excluding carboxylic acids is 1. The average molecular weight is 199 g/mol. The molecule has 3 heteroatoms. The molecule has 1 heterocycles. The van der Waals surface area contributed by atoms with Crippen LogP contribution in [-0.2, 0) is 9.53 Å². The van der Waals surface area contributed by atoms with Gasteiger partial charge in [0.05, 0.1) is 6.10 Å². The summed E-state index contributed by atoms with van der Waals surface area (Å²) in [6.07, 6.45) is 5.25. The summed E-state index contributed by atoms with van der Waals surface area (Å²) in [4.78, 5) is 11.2. The predicted octanol–water partition coefficient (Wildman–Crippen LogP) is 1.86. The number of hydrogen-bond acceptors (Lipinski definition) is 3. The van der Waals surface area contributed by atoms with Gasteiger partial charge in [0.25, 0.3) is 0 Å². The minimum absolute atomic E-state index is 0.0156. The van der Waals surface area contributed by atoms with Crippen molar-refractivity contribution in [2.75, 3.05) is 6.54 Å². The van der Waals surface area contributed by atoms with Crippen molar-refractivity contribution in [1.82, 2.24) is 5.32 Å². The molecular formula is C11H21NO2. The Labute approximate surface area is 86.2 Å². The first-order valence-electron chi connectivity index (χ1n) is 5.61. The number of ether oxygens (including phenoxy) is 1. The van der Waals surface area contributed by atoms with Crippen molar-refractivity contribution in [3.63, 3.8) is 0 Å². The third-order valence-corrected chi connectivity index (χ3v) is 2.48. The molecule has 0 aliphatic carbocycles. The Morgan fingerprint density at radius 1 is 1.50 bits per heavy atom. The van der Waals surface area contributed by atoms with E-state index in [1.165, 1.54) is 19.3 Å². The third kappa shape index (κ3) is 4.61. The number of carbonyl (C=O) groups is 1. The highest BCUT2D eigenvalue weighted by molar-refractivity contribution is 5.69. The van der Waals surface area contributed by atoms with Crippen LogP contribution in [0.4, 0.5) is 0 Å². The molecule has 1 aliphatic rings. The van der Waals surface area contributed by atoms with E-state index in [0.29, 0.717) is 12.5 Å². The first kappa shape index (κ1) is 11.5. The van der Waals surface area contributed by atoms with Crippen molar-refractivity contribution in [2.45, 2.75) is 58.1 Å². The molecule has 14 heavy (non-hydrogen) atoms. The van der Waals surface area contributed by atoms with Gasteiger partial charge in [-0.3, -0.25) is 4.79 Å². The highest BCUT2D eigenvalue weighted by Gasteiger charge is 2.14. The van der Waals surface area contributed by atoms with E-state index in [2.05, 4.69) is 5.32 Å². The zero-order valence-electron chi connectivity index (χ0n) is 9.21. The summed E-state index contributed by atoms with van der Waals surface area (Å²) in [6.45, 7) is 4.87. The topological polar surface area (TPSA) is 38.3 Å². The maximum Gasteiger partial charge on any atom is 0.306 e. The van der Waals surface area contributed by atoms with E-state index in [1.807, 2.05) is 13.8 Å². The number of nitrogens with one attached hydrogen (secondary N) is 1. The largest absolute Gasteiger partial charge is 0.463 e. The smallest absolute Gasteiger partial charge is 0.306 e. The Kier molecular flexibility index (Phi) is 4.94. The molecule has 1 saturated heterocycles. The van der Waals surface area contributed by atoms with Crippen LogP contribution in [0.15, 0.2) is 0 Å². The van der Waals surface area contributed by atoms with E-state index >= 15 is 0 Å². The fourth-order valence-electron chi connectivity index (χ4n) is 1.78. The number of piperidine rings is 1. The SMILES string of the molecule is CC(C)OC(=O)CCC1CCCCN1. The molecule has 1 N–H and O–H groups in total. The standard InChI is InChI=1S/C11H21NO2/c1-9(2)14-11(13)7-6-10-5-3-4-8-12-10/h9-10,12H,3-8H2,1-2H3. The van der Waals surface area contributed by atoms with Gasteiger partial charge >= 0.3 is 5.97 Å². The molecule has 1 atom stereocenters. The molecule has 0 radical (unpaired) electrons. The number of rotatable bonds is 4. The summed E-state index contributed by atoms with van der Waals surface area (Å²) in [5, 5.41) is 3.42. The second kappa shape index (κ2) is 6.02. The minimum Gasteiger partial charge on any atom is -0.463 e. The van der Waals surface area contributed by atoms with Gasteiger partial charge in [-0.1, -0.05) is 6.42 Å². The third-order valence-electron chi connectivity index (χ3n) is 2.48. The van der Waals surface area contributed by atoms with E-state index in [1.54, 1.807) is 0 Å². The molecule has 3 nitrogen and oxygen atoms in total. The molecule has 82 valence electrons. The Bertz CT molecular complexity index is 174. The van der Waals surface area contributed by atoms with Crippen LogP contribution in [0.1, 0.15) is 46.0 Å². The van der Waals surface area contributed by atoms with Crippen LogP contribution < -0.4 is 5.32 Å². The molecule has 1 rings (SSSR count). The van der Waals surface area contributed by atoms with Crippen LogP contribution in [0.25, 0.3) is 0 Å².